The lowest BCUT2D eigenvalue weighted by Crippen LogP contribution is -2.13. The van der Waals surface area contributed by atoms with Crippen molar-refractivity contribution in [3.63, 3.8) is 0 Å². The third-order valence-corrected chi connectivity index (χ3v) is 5.26. The fraction of sp³-hybridized carbons (Fsp3) is 0.300. The van der Waals surface area contributed by atoms with Gasteiger partial charge >= 0.3 is 0 Å². The number of nitrogens with two attached hydrogens (primary N) is 1. The molecule has 0 radical (unpaired) electrons. The molecule has 0 aliphatic carbocycles. The van der Waals surface area contributed by atoms with E-state index in [0.29, 0.717) is 5.56 Å². The first-order chi connectivity index (χ1) is 12.1. The van der Waals surface area contributed by atoms with Crippen molar-refractivity contribution >= 4 is 17.2 Å². The predicted molar refractivity (Wildman–Crippen MR) is 103 cm³/mol. The Morgan fingerprint density at radius 2 is 2.04 bits per heavy atom. The fourth-order valence-corrected chi connectivity index (χ4v) is 3.97. The van der Waals surface area contributed by atoms with Gasteiger partial charge in [-0.05, 0) is 25.3 Å². The average Bonchev–Trinajstić information content (AvgIpc) is 3.21. The Morgan fingerprint density at radius 1 is 1.28 bits per heavy atom. The second kappa shape index (κ2) is 7.66. The van der Waals surface area contributed by atoms with E-state index in [1.54, 1.807) is 17.5 Å². The molecular weight excluding hydrogens is 330 g/mol. The number of carbonyl (C=O) groups excluding carboxylic acids is 1. The molecule has 0 atom stereocenters. The van der Waals surface area contributed by atoms with Gasteiger partial charge in [-0.2, -0.15) is 0 Å². The number of benzene rings is 1. The van der Waals surface area contributed by atoms with Gasteiger partial charge in [-0.25, -0.2) is 4.98 Å². The topological polar surface area (TPSA) is 60.9 Å². The molecule has 25 heavy (non-hydrogen) atoms. The lowest BCUT2D eigenvalue weighted by atomic mass is 10.1. The lowest BCUT2D eigenvalue weighted by molar-refractivity contribution is 0.1000. The zero-order chi connectivity index (χ0) is 17.8. The third kappa shape index (κ3) is 3.51. The number of hydrogen-bond acceptors (Lipinski definition) is 3. The molecule has 0 unspecified atom stereocenters. The molecule has 0 saturated heterocycles. The van der Waals surface area contributed by atoms with Crippen LogP contribution in [0.25, 0.3) is 10.6 Å². The molecule has 130 valence electrons. The van der Waals surface area contributed by atoms with Crippen LogP contribution in [0.2, 0.25) is 0 Å². The highest BCUT2D eigenvalue weighted by Gasteiger charge is 2.25. The summed E-state index contributed by atoms with van der Waals surface area (Å²) >= 11 is 1.55. The van der Waals surface area contributed by atoms with Crippen molar-refractivity contribution < 1.29 is 4.79 Å². The summed E-state index contributed by atoms with van der Waals surface area (Å²) in [7, 11) is 0. The van der Waals surface area contributed by atoms with Crippen LogP contribution in [0.5, 0.6) is 0 Å². The van der Waals surface area contributed by atoms with Crippen LogP contribution in [-0.2, 0) is 13.0 Å². The van der Waals surface area contributed by atoms with Crippen LogP contribution in [-0.4, -0.2) is 15.5 Å². The third-order valence-electron chi connectivity index (χ3n) is 4.47. The highest BCUT2D eigenvalue weighted by Crippen LogP contribution is 2.35. The number of rotatable bonds is 7. The van der Waals surface area contributed by atoms with Gasteiger partial charge in [0, 0.05) is 35.1 Å². The predicted octanol–water partition coefficient (Wildman–Crippen LogP) is 4.41. The minimum atomic E-state index is -0.382. The summed E-state index contributed by atoms with van der Waals surface area (Å²) in [5, 5.41) is 2.81. The number of aromatic nitrogens is 2. The zero-order valence-electron chi connectivity index (χ0n) is 14.7. The molecule has 4 nitrogen and oxygen atoms in total. The molecule has 0 aliphatic heterocycles. The van der Waals surface area contributed by atoms with E-state index >= 15 is 0 Å². The number of amides is 1. The van der Waals surface area contributed by atoms with Crippen molar-refractivity contribution in [3.8, 4) is 10.6 Å². The summed E-state index contributed by atoms with van der Waals surface area (Å²) in [5.41, 5.74) is 10.6. The van der Waals surface area contributed by atoms with Gasteiger partial charge in [0.1, 0.15) is 5.01 Å². The molecule has 5 heteroatoms. The van der Waals surface area contributed by atoms with Crippen LogP contribution in [0.15, 0.2) is 41.9 Å². The number of nitrogens with zero attached hydrogens (tertiary/aromatic N) is 2. The number of carbonyl (C=O) groups is 1. The first kappa shape index (κ1) is 17.4. The minimum absolute atomic E-state index is 0.382. The molecule has 2 N–H and O–H groups in total. The Kier molecular flexibility index (Phi) is 5.34. The smallest absolute Gasteiger partial charge is 0.251 e. The van der Waals surface area contributed by atoms with E-state index in [1.165, 1.54) is 5.56 Å². The molecule has 2 heterocycles. The molecule has 1 aromatic carbocycles. The summed E-state index contributed by atoms with van der Waals surface area (Å²) in [5.74, 6) is -0.382. The van der Waals surface area contributed by atoms with Crippen molar-refractivity contribution in [2.24, 2.45) is 5.73 Å². The first-order valence-corrected chi connectivity index (χ1v) is 9.47. The Labute approximate surface area is 152 Å². The van der Waals surface area contributed by atoms with Gasteiger partial charge < -0.3 is 10.3 Å². The standard InChI is InChI=1S/C20H23N3OS/c1-3-4-10-16-18(20-22-11-12-25-20)17(19(21)24)14(2)23(16)13-15-8-6-5-7-9-15/h5-9,11-12H,3-4,10,13H2,1-2H3,(H2,21,24). The van der Waals surface area contributed by atoms with Crippen molar-refractivity contribution in [2.75, 3.05) is 0 Å². The second-order valence-electron chi connectivity index (χ2n) is 6.16. The van der Waals surface area contributed by atoms with Crippen LogP contribution in [0.4, 0.5) is 0 Å². The Bertz CT molecular complexity index is 851. The molecule has 0 aliphatic rings. The first-order valence-electron chi connectivity index (χ1n) is 8.59. The van der Waals surface area contributed by atoms with Gasteiger partial charge in [-0.1, -0.05) is 43.7 Å². The zero-order valence-corrected chi connectivity index (χ0v) is 15.5. The molecule has 0 saturated carbocycles. The molecule has 3 rings (SSSR count). The molecule has 2 aromatic heterocycles. The number of hydrogen-bond donors (Lipinski definition) is 1. The van der Waals surface area contributed by atoms with Gasteiger partial charge in [0.15, 0.2) is 0 Å². The maximum atomic E-state index is 12.2. The van der Waals surface area contributed by atoms with Gasteiger partial charge in [0.25, 0.3) is 5.91 Å². The van der Waals surface area contributed by atoms with Crippen molar-refractivity contribution in [2.45, 2.75) is 39.7 Å². The van der Waals surface area contributed by atoms with Crippen LogP contribution in [0, 0.1) is 6.92 Å². The average molecular weight is 353 g/mol. The van der Waals surface area contributed by atoms with E-state index < -0.39 is 0 Å². The summed E-state index contributed by atoms with van der Waals surface area (Å²) in [6.07, 6.45) is 4.85. The van der Waals surface area contributed by atoms with Gasteiger partial charge in [0.2, 0.25) is 0 Å². The largest absolute Gasteiger partial charge is 0.366 e. The van der Waals surface area contributed by atoms with E-state index in [1.807, 2.05) is 30.5 Å². The molecule has 0 bridgehead atoms. The SMILES string of the molecule is CCCCc1c(-c2nccs2)c(C(N)=O)c(C)n1Cc1ccccc1. The molecule has 0 spiro atoms. The number of unbranched alkanes of at least 4 members (excludes halogenated alkanes) is 1. The molecule has 0 fully saturated rings. The quantitative estimate of drug-likeness (QED) is 0.684. The summed E-state index contributed by atoms with van der Waals surface area (Å²) in [6, 6.07) is 10.3. The van der Waals surface area contributed by atoms with Gasteiger partial charge in [-0.3, -0.25) is 4.79 Å². The summed E-state index contributed by atoms with van der Waals surface area (Å²) < 4.78 is 2.24. The summed E-state index contributed by atoms with van der Waals surface area (Å²) in [6.45, 7) is 4.89. The van der Waals surface area contributed by atoms with E-state index in [-0.39, 0.29) is 5.91 Å². The van der Waals surface area contributed by atoms with E-state index in [9.17, 15) is 4.79 Å². The highest BCUT2D eigenvalue weighted by molar-refractivity contribution is 7.13. The molecule has 1 amide bonds. The maximum absolute atomic E-state index is 12.2. The van der Waals surface area contributed by atoms with Crippen molar-refractivity contribution in [1.82, 2.24) is 9.55 Å². The molecular formula is C20H23N3OS. The maximum Gasteiger partial charge on any atom is 0.251 e. The number of primary amides is 1. The Balaban J connectivity index is 2.18. The van der Waals surface area contributed by atoms with Crippen LogP contribution in [0.1, 0.15) is 47.1 Å². The Morgan fingerprint density at radius 3 is 2.64 bits per heavy atom. The lowest BCUT2D eigenvalue weighted by Gasteiger charge is -2.13. The summed E-state index contributed by atoms with van der Waals surface area (Å²) in [4.78, 5) is 16.7. The van der Waals surface area contributed by atoms with Crippen molar-refractivity contribution in [3.05, 3.63) is 64.4 Å². The Hall–Kier alpha value is -2.40. The van der Waals surface area contributed by atoms with E-state index in [4.69, 9.17) is 5.73 Å². The minimum Gasteiger partial charge on any atom is -0.366 e. The highest BCUT2D eigenvalue weighted by atomic mass is 32.1. The fourth-order valence-electron chi connectivity index (χ4n) is 3.26. The van der Waals surface area contributed by atoms with E-state index in [0.717, 1.165) is 47.8 Å². The van der Waals surface area contributed by atoms with Gasteiger partial charge in [-0.15, -0.1) is 11.3 Å². The normalized spacial score (nSPS) is 11.0. The van der Waals surface area contributed by atoms with Crippen LogP contribution < -0.4 is 5.73 Å². The van der Waals surface area contributed by atoms with E-state index in [2.05, 4.69) is 28.6 Å². The second-order valence-corrected chi connectivity index (χ2v) is 7.05. The van der Waals surface area contributed by atoms with Crippen LogP contribution >= 0.6 is 11.3 Å². The monoisotopic (exact) mass is 353 g/mol. The van der Waals surface area contributed by atoms with Crippen LogP contribution in [0.3, 0.4) is 0 Å². The molecule has 3 aromatic rings. The van der Waals surface area contributed by atoms with Crippen molar-refractivity contribution in [1.29, 1.82) is 0 Å². The number of thiazole rings is 1. The van der Waals surface area contributed by atoms with Gasteiger partial charge in [0.05, 0.1) is 5.56 Å².